The smallest absolute Gasteiger partial charge is 0.331 e. The van der Waals surface area contributed by atoms with E-state index in [0.717, 1.165) is 27.8 Å². The van der Waals surface area contributed by atoms with Crippen molar-refractivity contribution in [3.8, 4) is 0 Å². The Kier molecular flexibility index (Phi) is 23.2. The van der Waals surface area contributed by atoms with Crippen molar-refractivity contribution in [2.45, 2.75) is 94.4 Å². The van der Waals surface area contributed by atoms with Crippen LogP contribution in [0.4, 0.5) is 0 Å². The summed E-state index contributed by atoms with van der Waals surface area (Å²) in [6, 6.07) is 54.9. The van der Waals surface area contributed by atoms with Gasteiger partial charge in [0.05, 0.1) is 104 Å². The number of imide groups is 1. The summed E-state index contributed by atoms with van der Waals surface area (Å²) in [6.45, 7) is 0.964. The molecule has 2 saturated heterocycles. The number of esters is 1. The summed E-state index contributed by atoms with van der Waals surface area (Å²) >= 11 is 0. The topological polar surface area (TPSA) is 195 Å². The number of benzene rings is 6. The van der Waals surface area contributed by atoms with Gasteiger partial charge in [-0.25, -0.2) is 4.79 Å². The predicted molar refractivity (Wildman–Crippen MR) is 297 cm³/mol. The molecule has 18 nitrogen and oxygen atoms in total. The van der Waals surface area contributed by atoms with Gasteiger partial charge in [-0.05, 0) is 39.9 Å². The van der Waals surface area contributed by atoms with Crippen LogP contribution in [0.2, 0.25) is 0 Å². The zero-order valence-electron chi connectivity index (χ0n) is 45.8. The normalized spacial score (nSPS) is 23.4. The number of rotatable bonds is 32. The van der Waals surface area contributed by atoms with Crippen LogP contribution in [-0.2, 0) is 99.4 Å². The fourth-order valence-corrected chi connectivity index (χ4v) is 9.74. The van der Waals surface area contributed by atoms with Crippen molar-refractivity contribution >= 4 is 17.8 Å². The SMILES string of the molecule is COC(=O)CO[C@H]1[C@@H](O)[C@@H](COCc2ccccc2)O[C@@H](O[C@H]2[C@H](OCc3ccccc3)[C@@H](OCc3ccccc3)[C@H](OCCOCCOCCN3C(=O)c4ccccc4C3=O)O[C@@H]2COCc2ccccc2)[C@@H]1OCc1ccccc1. The average molecular weight is 1130 g/mol. The standard InChI is InChI=1S/C64H71NO17/c1-70-54(66)44-79-57-55(67)52(42-73-37-45-19-7-2-8-20-45)80-64(59(57)77-40-48-25-13-5-14-26-48)82-56-53(43-74-38-46-21-9-3-10-22-46)81-63(60(78-41-49-27-15-6-16-28-49)58(56)76-39-47-23-11-4-12-24-47)75-36-35-72-34-33-71-32-31-65-61(68)50-29-17-18-30-51(50)62(65)69/h2-30,52-53,55-60,63-64,67H,31-44H2,1H3/t52-,53-,55+,56-,57+,58+,59-,60-,63-,64+/m1/s1. The Balaban J connectivity index is 0.981. The maximum absolute atomic E-state index is 12.8. The molecule has 2 amide bonds. The van der Waals surface area contributed by atoms with Gasteiger partial charge in [-0.15, -0.1) is 0 Å². The lowest BCUT2D eigenvalue weighted by molar-refractivity contribution is -0.375. The molecule has 0 aromatic heterocycles. The van der Waals surface area contributed by atoms with E-state index in [2.05, 4.69) is 0 Å². The van der Waals surface area contributed by atoms with Crippen LogP contribution in [0.1, 0.15) is 48.5 Å². The van der Waals surface area contributed by atoms with E-state index in [1.54, 1.807) is 24.3 Å². The first kappa shape index (κ1) is 60.0. The number of carbonyl (C=O) groups is 3. The minimum Gasteiger partial charge on any atom is -0.467 e. The van der Waals surface area contributed by atoms with E-state index in [0.29, 0.717) is 11.1 Å². The van der Waals surface area contributed by atoms with Crippen LogP contribution in [0.25, 0.3) is 0 Å². The first-order valence-corrected chi connectivity index (χ1v) is 27.6. The van der Waals surface area contributed by atoms with Gasteiger partial charge in [0.1, 0.15) is 55.4 Å². The number of carbonyl (C=O) groups excluding carboxylic acids is 3. The first-order valence-electron chi connectivity index (χ1n) is 27.6. The monoisotopic (exact) mass is 1130 g/mol. The molecule has 0 spiro atoms. The number of methoxy groups -OCH3 is 1. The van der Waals surface area contributed by atoms with Crippen molar-refractivity contribution in [2.24, 2.45) is 0 Å². The molecule has 0 unspecified atom stereocenters. The molecule has 10 atom stereocenters. The van der Waals surface area contributed by atoms with Crippen LogP contribution in [-0.4, -0.2) is 156 Å². The number of amides is 2. The van der Waals surface area contributed by atoms with Crippen molar-refractivity contribution in [2.75, 3.05) is 66.5 Å². The Hall–Kier alpha value is -6.59. The molecule has 3 aliphatic rings. The second kappa shape index (κ2) is 31.7. The van der Waals surface area contributed by atoms with Gasteiger partial charge in [-0.3, -0.25) is 14.5 Å². The van der Waals surface area contributed by atoms with Gasteiger partial charge in [0, 0.05) is 0 Å². The summed E-state index contributed by atoms with van der Waals surface area (Å²) < 4.78 is 83.9. The Morgan fingerprint density at radius 1 is 0.439 bits per heavy atom. The Morgan fingerprint density at radius 2 is 0.854 bits per heavy atom. The number of hydrogen-bond donors (Lipinski definition) is 1. The highest BCUT2D eigenvalue weighted by atomic mass is 16.8. The molecule has 0 saturated carbocycles. The molecule has 3 aliphatic heterocycles. The van der Waals surface area contributed by atoms with Gasteiger partial charge in [0.15, 0.2) is 12.6 Å². The average Bonchev–Trinajstić information content (AvgIpc) is 3.86. The van der Waals surface area contributed by atoms with E-state index < -0.39 is 74.0 Å². The van der Waals surface area contributed by atoms with E-state index in [9.17, 15) is 19.5 Å². The highest BCUT2D eigenvalue weighted by molar-refractivity contribution is 6.21. The number of nitrogens with zero attached hydrogens (tertiary/aromatic N) is 1. The van der Waals surface area contributed by atoms with Gasteiger partial charge >= 0.3 is 5.97 Å². The van der Waals surface area contributed by atoms with Crippen LogP contribution in [0.15, 0.2) is 176 Å². The molecule has 2 fully saturated rings. The maximum atomic E-state index is 12.8. The summed E-state index contributed by atoms with van der Waals surface area (Å²) in [6.07, 6.45) is -11.2. The van der Waals surface area contributed by atoms with Crippen LogP contribution in [0.3, 0.4) is 0 Å². The lowest BCUT2D eigenvalue weighted by Crippen LogP contribution is -2.66. The predicted octanol–water partition coefficient (Wildman–Crippen LogP) is 7.28. The molecule has 0 bridgehead atoms. The van der Waals surface area contributed by atoms with E-state index in [-0.39, 0.29) is 97.6 Å². The maximum Gasteiger partial charge on any atom is 0.331 e. The summed E-state index contributed by atoms with van der Waals surface area (Å²) in [5.74, 6) is -1.35. The summed E-state index contributed by atoms with van der Waals surface area (Å²) in [7, 11) is 1.25. The van der Waals surface area contributed by atoms with E-state index in [1.807, 2.05) is 152 Å². The fraction of sp³-hybridized carbons (Fsp3) is 0.391. The number of aliphatic hydroxyl groups excluding tert-OH is 1. The largest absolute Gasteiger partial charge is 0.467 e. The molecule has 434 valence electrons. The summed E-state index contributed by atoms with van der Waals surface area (Å²) in [4.78, 5) is 39.6. The summed E-state index contributed by atoms with van der Waals surface area (Å²) in [5, 5.41) is 12.2. The summed E-state index contributed by atoms with van der Waals surface area (Å²) in [5.41, 5.74) is 5.18. The van der Waals surface area contributed by atoms with Crippen LogP contribution in [0, 0.1) is 0 Å². The van der Waals surface area contributed by atoms with Crippen molar-refractivity contribution in [3.63, 3.8) is 0 Å². The van der Waals surface area contributed by atoms with Crippen molar-refractivity contribution < 1.29 is 81.1 Å². The quantitative estimate of drug-likeness (QED) is 0.0251. The molecule has 18 heteroatoms. The highest BCUT2D eigenvalue weighted by Crippen LogP contribution is 2.36. The van der Waals surface area contributed by atoms with Crippen LogP contribution in [0.5, 0.6) is 0 Å². The number of fused-ring (bicyclic) bond motifs is 1. The van der Waals surface area contributed by atoms with E-state index >= 15 is 0 Å². The van der Waals surface area contributed by atoms with Crippen molar-refractivity contribution in [3.05, 3.63) is 215 Å². The zero-order valence-corrected chi connectivity index (χ0v) is 45.8. The van der Waals surface area contributed by atoms with E-state index in [4.69, 9.17) is 61.6 Å². The molecule has 6 aromatic carbocycles. The third kappa shape index (κ3) is 17.0. The Bertz CT molecular complexity index is 2800. The van der Waals surface area contributed by atoms with Crippen molar-refractivity contribution in [1.29, 1.82) is 0 Å². The third-order valence-electron chi connectivity index (χ3n) is 14.0. The van der Waals surface area contributed by atoms with Gasteiger partial charge in [-0.2, -0.15) is 0 Å². The highest BCUT2D eigenvalue weighted by Gasteiger charge is 2.54. The molecular formula is C64H71NO17. The lowest BCUT2D eigenvalue weighted by atomic mass is 9.96. The third-order valence-corrected chi connectivity index (χ3v) is 14.0. The van der Waals surface area contributed by atoms with Crippen LogP contribution < -0.4 is 0 Å². The lowest BCUT2D eigenvalue weighted by Gasteiger charge is -2.49. The Labute approximate surface area is 477 Å². The number of aliphatic hydroxyl groups is 1. The minimum atomic E-state index is -1.38. The molecule has 1 N–H and O–H groups in total. The minimum absolute atomic E-state index is 0.0264. The fourth-order valence-electron chi connectivity index (χ4n) is 9.74. The zero-order chi connectivity index (χ0) is 56.7. The number of hydrogen-bond acceptors (Lipinski definition) is 17. The van der Waals surface area contributed by atoms with Gasteiger partial charge < -0.3 is 66.7 Å². The second-order valence-corrected chi connectivity index (χ2v) is 19.7. The molecular weight excluding hydrogens is 1050 g/mol. The molecule has 0 radical (unpaired) electrons. The van der Waals surface area contributed by atoms with Gasteiger partial charge in [0.25, 0.3) is 11.8 Å². The molecule has 6 aromatic rings. The Morgan fingerprint density at radius 3 is 1.35 bits per heavy atom. The van der Waals surface area contributed by atoms with Crippen LogP contribution >= 0.6 is 0 Å². The molecule has 9 rings (SSSR count). The van der Waals surface area contributed by atoms with Crippen molar-refractivity contribution in [1.82, 2.24) is 4.90 Å². The molecule has 82 heavy (non-hydrogen) atoms. The van der Waals surface area contributed by atoms with Gasteiger partial charge in [0.2, 0.25) is 0 Å². The van der Waals surface area contributed by atoms with Gasteiger partial charge in [-0.1, -0.05) is 164 Å². The first-order chi connectivity index (χ1) is 40.3. The molecule has 0 aliphatic carbocycles. The second-order valence-electron chi connectivity index (χ2n) is 19.7. The molecule has 3 heterocycles. The van der Waals surface area contributed by atoms with E-state index in [1.165, 1.54) is 12.0 Å². The number of ether oxygens (including phenoxy) is 13.